The number of nitrogens with two attached hydrogens (primary N) is 2. The van der Waals surface area contributed by atoms with Crippen LogP contribution in [0.15, 0.2) is 18.3 Å². The summed E-state index contributed by atoms with van der Waals surface area (Å²) in [5, 5.41) is 3.88. The Kier molecular flexibility index (Phi) is 5.61. The van der Waals surface area contributed by atoms with Crippen molar-refractivity contribution in [1.82, 2.24) is 20.3 Å². The van der Waals surface area contributed by atoms with Gasteiger partial charge < -0.3 is 21.7 Å². The van der Waals surface area contributed by atoms with Gasteiger partial charge in [0.05, 0.1) is 11.6 Å². The van der Waals surface area contributed by atoms with E-state index in [9.17, 15) is 13.6 Å². The van der Waals surface area contributed by atoms with Crippen molar-refractivity contribution in [2.45, 2.75) is 44.7 Å². The van der Waals surface area contributed by atoms with Crippen LogP contribution in [0.25, 0.3) is 10.2 Å². The summed E-state index contributed by atoms with van der Waals surface area (Å²) in [5.74, 6) is -0.636. The molecule has 1 amide bonds. The van der Waals surface area contributed by atoms with Crippen LogP contribution >= 0.6 is 11.3 Å². The third-order valence-corrected chi connectivity index (χ3v) is 7.54. The number of fused-ring (bicyclic) bond motifs is 2. The fourth-order valence-electron chi connectivity index (χ4n) is 4.57. The maximum absolute atomic E-state index is 13.1. The first-order valence-electron chi connectivity index (χ1n) is 10.9. The molecular weight excluding hydrogens is 448 g/mol. The number of aromatic nitrogens is 3. The predicted octanol–water partition coefficient (Wildman–Crippen LogP) is 2.29. The average Bonchev–Trinajstić information content (AvgIpc) is 3.33. The van der Waals surface area contributed by atoms with Crippen molar-refractivity contribution in [3.8, 4) is 0 Å². The fourth-order valence-corrected chi connectivity index (χ4v) is 5.61. The van der Waals surface area contributed by atoms with Gasteiger partial charge >= 0.3 is 0 Å². The van der Waals surface area contributed by atoms with Crippen molar-refractivity contribution >= 4 is 39.1 Å². The minimum Gasteiger partial charge on any atom is -0.397 e. The van der Waals surface area contributed by atoms with Crippen LogP contribution in [-0.2, 0) is 12.8 Å². The van der Waals surface area contributed by atoms with Crippen LogP contribution < -0.4 is 21.7 Å². The number of pyridine rings is 1. The number of anilines is 2. The third kappa shape index (κ3) is 4.10. The Morgan fingerprint density at radius 2 is 2.12 bits per heavy atom. The molecule has 8 nitrogen and oxygen atoms in total. The first-order valence-corrected chi connectivity index (χ1v) is 11.7. The number of halogens is 2. The SMILES string of the molecule is Cc1ccc2c(N)c(C(=O)N[C@H]3CCc4nc(N5C[C@H](C(F)F)[C@@H](N)C5)ncc4C3)sc2n1. The largest absolute Gasteiger partial charge is 0.397 e. The van der Waals surface area contributed by atoms with Gasteiger partial charge in [-0.05, 0) is 43.9 Å². The van der Waals surface area contributed by atoms with Gasteiger partial charge in [0.15, 0.2) is 0 Å². The molecule has 11 heteroatoms. The average molecular weight is 474 g/mol. The van der Waals surface area contributed by atoms with E-state index in [1.54, 1.807) is 11.1 Å². The number of carbonyl (C=O) groups excluding carboxylic acids is 1. The summed E-state index contributed by atoms with van der Waals surface area (Å²) in [5.41, 5.74) is 15.3. The highest BCUT2D eigenvalue weighted by molar-refractivity contribution is 7.21. The number of nitrogens with one attached hydrogen (secondary N) is 1. The van der Waals surface area contributed by atoms with E-state index in [0.717, 1.165) is 33.6 Å². The number of aryl methyl sites for hydroxylation is 2. The molecule has 4 heterocycles. The molecule has 33 heavy (non-hydrogen) atoms. The van der Waals surface area contributed by atoms with E-state index in [4.69, 9.17) is 11.5 Å². The molecule has 0 spiro atoms. The smallest absolute Gasteiger partial charge is 0.263 e. The van der Waals surface area contributed by atoms with Gasteiger partial charge in [-0.15, -0.1) is 11.3 Å². The van der Waals surface area contributed by atoms with Gasteiger partial charge in [-0.3, -0.25) is 4.79 Å². The van der Waals surface area contributed by atoms with E-state index >= 15 is 0 Å². The highest BCUT2D eigenvalue weighted by Crippen LogP contribution is 2.33. The normalized spacial score (nSPS) is 22.7. The molecule has 1 aliphatic heterocycles. The lowest BCUT2D eigenvalue weighted by Gasteiger charge is -2.26. The Morgan fingerprint density at radius 3 is 2.88 bits per heavy atom. The zero-order valence-corrected chi connectivity index (χ0v) is 18.9. The Morgan fingerprint density at radius 1 is 1.30 bits per heavy atom. The van der Waals surface area contributed by atoms with E-state index < -0.39 is 18.4 Å². The number of rotatable bonds is 4. The van der Waals surface area contributed by atoms with Gasteiger partial charge in [0.25, 0.3) is 5.91 Å². The lowest BCUT2D eigenvalue weighted by molar-refractivity contribution is 0.0804. The van der Waals surface area contributed by atoms with Crippen molar-refractivity contribution in [3.63, 3.8) is 0 Å². The number of alkyl halides is 2. The quantitative estimate of drug-likeness (QED) is 0.531. The van der Waals surface area contributed by atoms with Gasteiger partial charge in [-0.25, -0.2) is 23.7 Å². The summed E-state index contributed by atoms with van der Waals surface area (Å²) < 4.78 is 26.3. The van der Waals surface area contributed by atoms with Crippen LogP contribution in [0.4, 0.5) is 20.4 Å². The highest BCUT2D eigenvalue weighted by Gasteiger charge is 2.37. The summed E-state index contributed by atoms with van der Waals surface area (Å²) >= 11 is 1.30. The molecule has 0 aromatic carbocycles. The number of carbonyl (C=O) groups is 1. The summed E-state index contributed by atoms with van der Waals surface area (Å²) in [7, 11) is 0. The van der Waals surface area contributed by atoms with Crippen molar-refractivity contribution in [3.05, 3.63) is 40.2 Å². The monoisotopic (exact) mass is 473 g/mol. The molecule has 0 saturated carbocycles. The second-order valence-electron chi connectivity index (χ2n) is 8.77. The van der Waals surface area contributed by atoms with Crippen LogP contribution in [0.5, 0.6) is 0 Å². The standard InChI is InChI=1S/C22H25F2N7OS/c1-10-2-4-13-17(26)18(33-21(13)28-10)20(32)29-12-3-5-16-11(6-12)7-27-22(30-16)31-8-14(19(23)24)15(25)9-31/h2,4,7,12,14-15,19H,3,5-6,8-9,25-26H2,1H3,(H,29,32)/t12-,14-,15-/m0/s1. The lowest BCUT2D eigenvalue weighted by Crippen LogP contribution is -2.39. The van der Waals surface area contributed by atoms with E-state index in [1.165, 1.54) is 11.3 Å². The molecule has 0 unspecified atom stereocenters. The maximum atomic E-state index is 13.1. The van der Waals surface area contributed by atoms with Crippen LogP contribution in [0.1, 0.15) is 33.0 Å². The van der Waals surface area contributed by atoms with Gasteiger partial charge in [0.2, 0.25) is 12.4 Å². The highest BCUT2D eigenvalue weighted by atomic mass is 32.1. The van der Waals surface area contributed by atoms with Gasteiger partial charge in [-0.1, -0.05) is 0 Å². The summed E-state index contributed by atoms with van der Waals surface area (Å²) in [6.45, 7) is 2.37. The number of nitrogens with zero attached hydrogens (tertiary/aromatic N) is 4. The van der Waals surface area contributed by atoms with Gasteiger partial charge in [-0.2, -0.15) is 0 Å². The Hall–Kier alpha value is -2.92. The molecule has 3 atom stereocenters. The number of hydrogen-bond acceptors (Lipinski definition) is 8. The van der Waals surface area contributed by atoms with E-state index in [1.807, 2.05) is 19.1 Å². The minimum absolute atomic E-state index is 0.0674. The molecule has 1 saturated heterocycles. The zero-order valence-electron chi connectivity index (χ0n) is 18.1. The van der Waals surface area contributed by atoms with Crippen molar-refractivity contribution < 1.29 is 13.6 Å². The number of nitrogen functional groups attached to an aromatic ring is 1. The van der Waals surface area contributed by atoms with Crippen LogP contribution in [-0.4, -0.2) is 52.5 Å². The number of thiophene rings is 1. The maximum Gasteiger partial charge on any atom is 0.263 e. The molecule has 1 fully saturated rings. The second-order valence-corrected chi connectivity index (χ2v) is 9.77. The Bertz CT molecular complexity index is 1220. The first-order chi connectivity index (χ1) is 15.8. The van der Waals surface area contributed by atoms with Crippen LogP contribution in [0.3, 0.4) is 0 Å². The second kappa shape index (κ2) is 8.45. The Balaban J connectivity index is 1.27. The summed E-state index contributed by atoms with van der Waals surface area (Å²) in [6.07, 6.45) is 1.26. The third-order valence-electron chi connectivity index (χ3n) is 6.43. The van der Waals surface area contributed by atoms with Crippen LogP contribution in [0.2, 0.25) is 0 Å². The van der Waals surface area contributed by atoms with Gasteiger partial charge in [0.1, 0.15) is 9.71 Å². The van der Waals surface area contributed by atoms with Gasteiger partial charge in [0, 0.05) is 48.1 Å². The Labute approximate surface area is 193 Å². The van der Waals surface area contributed by atoms with Crippen LogP contribution in [0, 0.1) is 12.8 Å². The molecule has 1 aliphatic carbocycles. The minimum atomic E-state index is -2.46. The molecule has 3 aromatic rings. The van der Waals surface area contributed by atoms with E-state index in [2.05, 4.69) is 20.3 Å². The molecular formula is C22H25F2N7OS. The van der Waals surface area contributed by atoms with Crippen molar-refractivity contribution in [1.29, 1.82) is 0 Å². The van der Waals surface area contributed by atoms with E-state index in [-0.39, 0.29) is 18.5 Å². The predicted molar refractivity (Wildman–Crippen MR) is 124 cm³/mol. The first kappa shape index (κ1) is 21.9. The number of amides is 1. The molecule has 0 radical (unpaired) electrons. The molecule has 174 valence electrons. The fraction of sp³-hybridized carbons (Fsp3) is 0.455. The molecule has 5 N–H and O–H groups in total. The molecule has 0 bridgehead atoms. The molecule has 3 aromatic heterocycles. The van der Waals surface area contributed by atoms with Crippen molar-refractivity contribution in [2.75, 3.05) is 23.7 Å². The topological polar surface area (TPSA) is 123 Å². The number of hydrogen-bond donors (Lipinski definition) is 3. The van der Waals surface area contributed by atoms with E-state index in [0.29, 0.717) is 35.9 Å². The lowest BCUT2D eigenvalue weighted by atomic mass is 9.93. The zero-order chi connectivity index (χ0) is 23.3. The molecule has 5 rings (SSSR count). The molecule has 2 aliphatic rings. The summed E-state index contributed by atoms with van der Waals surface area (Å²) in [6, 6.07) is 3.11. The van der Waals surface area contributed by atoms with Crippen molar-refractivity contribution in [2.24, 2.45) is 11.7 Å². The summed E-state index contributed by atoms with van der Waals surface area (Å²) in [4.78, 5) is 29.4.